The first-order valence-electron chi connectivity index (χ1n) is 11.3. The number of nitrogens with one attached hydrogen (secondary N) is 2. The normalized spacial score (nSPS) is 23.1. The van der Waals surface area contributed by atoms with Gasteiger partial charge in [-0.2, -0.15) is 0 Å². The monoisotopic (exact) mass is 565 g/mol. The molecule has 9 heteroatoms. The maximum atomic E-state index is 5.58. The summed E-state index contributed by atoms with van der Waals surface area (Å²) in [4.78, 5) is 12.7. The van der Waals surface area contributed by atoms with Gasteiger partial charge in [-0.15, -0.1) is 35.3 Å². The van der Waals surface area contributed by atoms with Crippen LogP contribution in [0.1, 0.15) is 36.6 Å². The number of aliphatic imine (C=N–C) groups is 1. The molecule has 1 aromatic rings. The maximum Gasteiger partial charge on any atom is 0.191 e. The molecule has 2 aliphatic rings. The van der Waals surface area contributed by atoms with E-state index in [-0.39, 0.29) is 24.0 Å². The lowest BCUT2D eigenvalue weighted by atomic mass is 10.2. The molecule has 3 unspecified atom stereocenters. The third-order valence-corrected chi connectivity index (χ3v) is 6.98. The van der Waals surface area contributed by atoms with E-state index in [1.165, 1.54) is 9.75 Å². The molecule has 7 nitrogen and oxygen atoms in total. The van der Waals surface area contributed by atoms with Gasteiger partial charge in [0.1, 0.15) is 0 Å². The number of rotatable bonds is 8. The molecular formula is C22H40IN5O2S. The highest BCUT2D eigenvalue weighted by molar-refractivity contribution is 14.0. The van der Waals surface area contributed by atoms with Crippen LogP contribution in [0, 0.1) is 6.92 Å². The van der Waals surface area contributed by atoms with Gasteiger partial charge in [-0.3, -0.25) is 14.8 Å². The van der Waals surface area contributed by atoms with Crippen LogP contribution in [0.4, 0.5) is 0 Å². The summed E-state index contributed by atoms with van der Waals surface area (Å²) in [5.74, 6) is 0.900. The van der Waals surface area contributed by atoms with Crippen LogP contribution in [0.2, 0.25) is 0 Å². The van der Waals surface area contributed by atoms with Gasteiger partial charge in [0.05, 0.1) is 39.0 Å². The van der Waals surface area contributed by atoms with Crippen LogP contribution in [-0.4, -0.2) is 93.5 Å². The molecule has 0 aromatic carbocycles. The van der Waals surface area contributed by atoms with Gasteiger partial charge in [-0.1, -0.05) is 0 Å². The zero-order chi connectivity index (χ0) is 21.3. The number of halogens is 1. The Hall–Kier alpha value is -0.460. The molecule has 0 radical (unpaired) electrons. The number of thiophene rings is 1. The summed E-state index contributed by atoms with van der Waals surface area (Å²) >= 11 is 1.89. The summed E-state index contributed by atoms with van der Waals surface area (Å²) in [5, 5.41) is 7.04. The first-order chi connectivity index (χ1) is 14.6. The number of nitrogens with zero attached hydrogens (tertiary/aromatic N) is 3. The molecule has 3 rings (SSSR count). The predicted octanol–water partition coefficient (Wildman–Crippen LogP) is 2.71. The Morgan fingerprint density at radius 1 is 1.19 bits per heavy atom. The second-order valence-corrected chi connectivity index (χ2v) is 9.54. The van der Waals surface area contributed by atoms with Gasteiger partial charge < -0.3 is 20.1 Å². The zero-order valence-electron chi connectivity index (χ0n) is 19.4. The highest BCUT2D eigenvalue weighted by Gasteiger charge is 2.25. The van der Waals surface area contributed by atoms with Gasteiger partial charge in [0.25, 0.3) is 0 Å². The molecule has 2 saturated heterocycles. The van der Waals surface area contributed by atoms with Crippen molar-refractivity contribution in [2.45, 2.75) is 45.8 Å². The van der Waals surface area contributed by atoms with Crippen LogP contribution in [-0.2, 0) is 9.47 Å². The summed E-state index contributed by atoms with van der Waals surface area (Å²) in [6.07, 6.45) is 0. The van der Waals surface area contributed by atoms with Crippen molar-refractivity contribution >= 4 is 41.3 Å². The van der Waals surface area contributed by atoms with Gasteiger partial charge >= 0.3 is 0 Å². The Kier molecular flexibility index (Phi) is 12.1. The molecule has 178 valence electrons. The maximum absolute atomic E-state index is 5.58. The lowest BCUT2D eigenvalue weighted by molar-refractivity contribution is -0.0166. The molecule has 3 heterocycles. The standard InChI is InChI=1S/C22H39N5O2S.HI/c1-5-23-22(24-14-17(2)27-10-13-29-16-18(27)3)25-15-20(21-7-6-19(4)30-21)26-8-11-28-12-9-26;/h6-7,17-18,20H,5,8-16H2,1-4H3,(H2,23,24,25);1H. The minimum atomic E-state index is 0. The largest absolute Gasteiger partial charge is 0.379 e. The molecule has 2 N–H and O–H groups in total. The molecule has 1 aromatic heterocycles. The van der Waals surface area contributed by atoms with Gasteiger partial charge in [-0.25, -0.2) is 0 Å². The van der Waals surface area contributed by atoms with Crippen molar-refractivity contribution < 1.29 is 9.47 Å². The van der Waals surface area contributed by atoms with Crippen molar-refractivity contribution in [2.75, 3.05) is 65.7 Å². The van der Waals surface area contributed by atoms with Crippen molar-refractivity contribution in [1.29, 1.82) is 0 Å². The molecule has 2 aliphatic heterocycles. The third-order valence-electron chi connectivity index (χ3n) is 5.88. The van der Waals surface area contributed by atoms with Crippen molar-refractivity contribution in [2.24, 2.45) is 4.99 Å². The Bertz CT molecular complexity index is 668. The van der Waals surface area contributed by atoms with E-state index in [4.69, 9.17) is 14.5 Å². The van der Waals surface area contributed by atoms with Crippen LogP contribution >= 0.6 is 35.3 Å². The van der Waals surface area contributed by atoms with Gasteiger partial charge in [0, 0.05) is 54.6 Å². The number of ether oxygens (including phenoxy) is 2. The van der Waals surface area contributed by atoms with E-state index >= 15 is 0 Å². The minimum Gasteiger partial charge on any atom is -0.379 e. The van der Waals surface area contributed by atoms with Crippen LogP contribution in [0.5, 0.6) is 0 Å². The summed E-state index contributed by atoms with van der Waals surface area (Å²) in [5.41, 5.74) is 0. The number of guanidine groups is 1. The van der Waals surface area contributed by atoms with Crippen LogP contribution in [0.3, 0.4) is 0 Å². The van der Waals surface area contributed by atoms with E-state index in [0.29, 0.717) is 18.1 Å². The summed E-state index contributed by atoms with van der Waals surface area (Å²) in [7, 11) is 0. The fourth-order valence-corrected chi connectivity index (χ4v) is 5.20. The fraction of sp³-hybridized carbons (Fsp3) is 0.773. The van der Waals surface area contributed by atoms with E-state index in [9.17, 15) is 0 Å². The highest BCUT2D eigenvalue weighted by Crippen LogP contribution is 2.27. The number of hydrogen-bond donors (Lipinski definition) is 2. The number of aryl methyl sites for hydroxylation is 1. The quantitative estimate of drug-likeness (QED) is 0.287. The average Bonchev–Trinajstić information content (AvgIpc) is 3.19. The third kappa shape index (κ3) is 8.12. The summed E-state index contributed by atoms with van der Waals surface area (Å²) < 4.78 is 11.2. The molecule has 3 atom stereocenters. The van der Waals surface area contributed by atoms with E-state index in [0.717, 1.165) is 71.7 Å². The van der Waals surface area contributed by atoms with E-state index in [1.807, 2.05) is 11.3 Å². The molecule has 31 heavy (non-hydrogen) atoms. The predicted molar refractivity (Wildman–Crippen MR) is 140 cm³/mol. The molecule has 2 fully saturated rings. The average molecular weight is 566 g/mol. The van der Waals surface area contributed by atoms with Crippen molar-refractivity contribution in [3.05, 3.63) is 21.9 Å². The van der Waals surface area contributed by atoms with Crippen LogP contribution in [0.25, 0.3) is 0 Å². The van der Waals surface area contributed by atoms with Crippen LogP contribution in [0.15, 0.2) is 17.1 Å². The van der Waals surface area contributed by atoms with Gasteiger partial charge in [0.15, 0.2) is 5.96 Å². The summed E-state index contributed by atoms with van der Waals surface area (Å²) in [6, 6.07) is 5.68. The number of hydrogen-bond acceptors (Lipinski definition) is 6. The Balaban J connectivity index is 0.00000341. The molecule has 0 amide bonds. The van der Waals surface area contributed by atoms with Crippen molar-refractivity contribution in [1.82, 2.24) is 20.4 Å². The fourth-order valence-electron chi connectivity index (χ4n) is 4.19. The first-order valence-corrected chi connectivity index (χ1v) is 12.1. The Morgan fingerprint density at radius 2 is 1.94 bits per heavy atom. The minimum absolute atomic E-state index is 0. The lowest BCUT2D eigenvalue weighted by Crippen LogP contribution is -2.50. The zero-order valence-corrected chi connectivity index (χ0v) is 22.6. The smallest absolute Gasteiger partial charge is 0.191 e. The van der Waals surface area contributed by atoms with E-state index < -0.39 is 0 Å². The molecular weight excluding hydrogens is 525 g/mol. The second-order valence-electron chi connectivity index (χ2n) is 8.22. The first kappa shape index (κ1) is 26.8. The number of morpholine rings is 2. The van der Waals surface area contributed by atoms with Gasteiger partial charge in [0.2, 0.25) is 0 Å². The second kappa shape index (κ2) is 13.9. The van der Waals surface area contributed by atoms with Crippen molar-refractivity contribution in [3.8, 4) is 0 Å². The SMILES string of the molecule is CCNC(=NCC(C)N1CCOCC1C)NCC(c1ccc(C)s1)N1CCOCC1.I. The Labute approximate surface area is 209 Å². The summed E-state index contributed by atoms with van der Waals surface area (Å²) in [6.45, 7) is 17.5. The topological polar surface area (TPSA) is 61.4 Å². The van der Waals surface area contributed by atoms with Crippen LogP contribution < -0.4 is 10.6 Å². The Morgan fingerprint density at radius 3 is 2.58 bits per heavy atom. The van der Waals surface area contributed by atoms with Crippen molar-refractivity contribution in [3.63, 3.8) is 0 Å². The van der Waals surface area contributed by atoms with Gasteiger partial charge in [-0.05, 0) is 39.8 Å². The van der Waals surface area contributed by atoms with E-state index in [2.05, 4.69) is 60.3 Å². The van der Waals surface area contributed by atoms with E-state index in [1.54, 1.807) is 0 Å². The molecule has 0 aliphatic carbocycles. The molecule has 0 spiro atoms. The molecule has 0 saturated carbocycles. The lowest BCUT2D eigenvalue weighted by Gasteiger charge is -2.37. The highest BCUT2D eigenvalue weighted by atomic mass is 127. The molecule has 0 bridgehead atoms.